The number of carbonyl (C=O) groups is 2. The highest BCUT2D eigenvalue weighted by atomic mass is 19.1. The third-order valence-electron chi connectivity index (χ3n) is 6.13. The number of carbonyl (C=O) groups excluding carboxylic acids is 2. The molecule has 2 aliphatic heterocycles. The Kier molecular flexibility index (Phi) is 5.05. The van der Waals surface area contributed by atoms with Crippen LogP contribution in [0.2, 0.25) is 0 Å². The van der Waals surface area contributed by atoms with Crippen molar-refractivity contribution >= 4 is 17.5 Å². The molecule has 2 bridgehead atoms. The number of hydrogen-bond donors (Lipinski definition) is 1. The summed E-state index contributed by atoms with van der Waals surface area (Å²) in [7, 11) is 0. The molecule has 1 aromatic carbocycles. The van der Waals surface area contributed by atoms with Gasteiger partial charge in [0.1, 0.15) is 17.2 Å². The fourth-order valence-corrected chi connectivity index (χ4v) is 4.65. The molecule has 0 aliphatic carbocycles. The Hall–Kier alpha value is -3.81. The molecule has 2 atom stereocenters. The second-order valence-electron chi connectivity index (χ2n) is 8.27. The Balaban J connectivity index is 1.37. The topological polar surface area (TPSA) is 84.3 Å². The van der Waals surface area contributed by atoms with Crippen molar-refractivity contribution in [2.24, 2.45) is 5.92 Å². The van der Waals surface area contributed by atoms with Crippen molar-refractivity contribution in [2.45, 2.75) is 18.9 Å². The molecular weight excluding hydrogens is 411 g/mol. The summed E-state index contributed by atoms with van der Waals surface area (Å²) < 4.78 is 14.8. The number of pyridine rings is 2. The molecule has 3 aromatic rings. The minimum Gasteiger partial charge on any atom is -0.336 e. The highest BCUT2D eigenvalue weighted by Crippen LogP contribution is 2.35. The van der Waals surface area contributed by atoms with Crippen LogP contribution in [0.4, 0.5) is 10.1 Å². The maximum atomic E-state index is 13.1. The van der Waals surface area contributed by atoms with Gasteiger partial charge in [0.2, 0.25) is 0 Å². The molecule has 0 radical (unpaired) electrons. The lowest BCUT2D eigenvalue weighted by Gasteiger charge is -2.42. The van der Waals surface area contributed by atoms with Gasteiger partial charge in [-0.3, -0.25) is 19.4 Å². The van der Waals surface area contributed by atoms with Crippen LogP contribution >= 0.6 is 0 Å². The molecule has 5 rings (SSSR count). The van der Waals surface area contributed by atoms with Crippen LogP contribution in [-0.2, 0) is 6.54 Å². The maximum absolute atomic E-state index is 13.1. The lowest BCUT2D eigenvalue weighted by atomic mass is 9.83. The van der Waals surface area contributed by atoms with Gasteiger partial charge in [0.15, 0.2) is 0 Å². The normalized spacial score (nSPS) is 19.2. The molecule has 2 unspecified atom stereocenters. The molecule has 2 aliphatic rings. The number of halogens is 1. The lowest BCUT2D eigenvalue weighted by Crippen LogP contribution is -2.49. The molecule has 32 heavy (non-hydrogen) atoms. The smallest absolute Gasteiger partial charge is 0.274 e. The van der Waals surface area contributed by atoms with Crippen LogP contribution in [-0.4, -0.2) is 39.4 Å². The number of nitrogens with one attached hydrogen (secondary N) is 1. The number of aromatic nitrogens is 2. The zero-order chi connectivity index (χ0) is 22.2. The minimum absolute atomic E-state index is 0.0460. The summed E-state index contributed by atoms with van der Waals surface area (Å²) >= 11 is 0. The summed E-state index contributed by atoms with van der Waals surface area (Å²) in [4.78, 5) is 44.4. The number of likely N-dealkylation sites (tertiary alicyclic amines) is 1. The summed E-state index contributed by atoms with van der Waals surface area (Å²) in [5.41, 5.74) is 1.48. The minimum atomic E-state index is -0.467. The number of piperidine rings is 1. The molecule has 2 amide bonds. The number of nitrogens with zero attached hydrogens (tertiary/aromatic N) is 3. The van der Waals surface area contributed by atoms with E-state index in [0.717, 1.165) is 12.1 Å². The van der Waals surface area contributed by atoms with Gasteiger partial charge in [-0.05, 0) is 60.9 Å². The van der Waals surface area contributed by atoms with Gasteiger partial charge in [0, 0.05) is 43.0 Å². The van der Waals surface area contributed by atoms with Crippen LogP contribution in [0, 0.1) is 11.7 Å². The zero-order valence-electron chi connectivity index (χ0n) is 17.2. The third kappa shape index (κ3) is 3.68. The maximum Gasteiger partial charge on any atom is 0.274 e. The van der Waals surface area contributed by atoms with Crippen molar-refractivity contribution in [3.05, 3.63) is 93.9 Å². The lowest BCUT2D eigenvalue weighted by molar-refractivity contribution is 0.0588. The van der Waals surface area contributed by atoms with Crippen LogP contribution < -0.4 is 10.9 Å². The molecule has 1 N–H and O–H groups in total. The van der Waals surface area contributed by atoms with Crippen molar-refractivity contribution in [3.63, 3.8) is 0 Å². The van der Waals surface area contributed by atoms with E-state index < -0.39 is 11.7 Å². The fraction of sp³-hybridized carbons (Fsp3) is 0.250. The predicted molar refractivity (Wildman–Crippen MR) is 116 cm³/mol. The van der Waals surface area contributed by atoms with Gasteiger partial charge in [-0.15, -0.1) is 0 Å². The molecule has 7 nitrogen and oxygen atoms in total. The average molecular weight is 432 g/mol. The van der Waals surface area contributed by atoms with Crippen LogP contribution in [0.15, 0.2) is 65.6 Å². The van der Waals surface area contributed by atoms with Gasteiger partial charge >= 0.3 is 0 Å². The Morgan fingerprint density at radius 2 is 1.81 bits per heavy atom. The molecule has 2 aromatic heterocycles. The van der Waals surface area contributed by atoms with E-state index in [-0.39, 0.29) is 34.6 Å². The molecule has 162 valence electrons. The largest absolute Gasteiger partial charge is 0.336 e. The van der Waals surface area contributed by atoms with Crippen molar-refractivity contribution in [1.29, 1.82) is 0 Å². The number of anilines is 1. The summed E-state index contributed by atoms with van der Waals surface area (Å²) in [5.74, 6) is -0.804. The highest BCUT2D eigenvalue weighted by Gasteiger charge is 2.37. The SMILES string of the molecule is O=C(Nc1ccc2n(c1=O)CC1CC2CN(C(=O)c2ccccn2)C1)c1ccc(F)cc1. The van der Waals surface area contributed by atoms with Crippen molar-refractivity contribution in [2.75, 3.05) is 18.4 Å². The second-order valence-corrected chi connectivity index (χ2v) is 8.27. The molecular formula is C24H21FN4O3. The Morgan fingerprint density at radius 3 is 2.56 bits per heavy atom. The molecule has 4 heterocycles. The molecule has 1 fully saturated rings. The number of rotatable bonds is 3. The Bertz CT molecular complexity index is 1240. The fourth-order valence-electron chi connectivity index (χ4n) is 4.65. The monoisotopic (exact) mass is 432 g/mol. The number of benzene rings is 1. The van der Waals surface area contributed by atoms with E-state index in [0.29, 0.717) is 25.3 Å². The Morgan fingerprint density at radius 1 is 1.00 bits per heavy atom. The van der Waals surface area contributed by atoms with E-state index in [4.69, 9.17) is 0 Å². The van der Waals surface area contributed by atoms with E-state index >= 15 is 0 Å². The van der Waals surface area contributed by atoms with E-state index in [1.54, 1.807) is 35.0 Å². The van der Waals surface area contributed by atoms with Gasteiger partial charge < -0.3 is 14.8 Å². The summed E-state index contributed by atoms with van der Waals surface area (Å²) in [6.07, 6.45) is 2.52. The standard InChI is InChI=1S/C24H21FN4O3/c25-18-6-4-16(5-7-18)22(30)27-20-8-9-21-17-11-15(13-29(21)24(20)32)12-28(14-17)23(31)19-3-1-2-10-26-19/h1-10,15,17H,11-14H2,(H,27,30). The van der Waals surface area contributed by atoms with E-state index in [1.165, 1.54) is 24.3 Å². The van der Waals surface area contributed by atoms with Gasteiger partial charge in [0.05, 0.1) is 0 Å². The molecule has 0 spiro atoms. The van der Waals surface area contributed by atoms with Crippen molar-refractivity contribution < 1.29 is 14.0 Å². The van der Waals surface area contributed by atoms with Gasteiger partial charge in [-0.25, -0.2) is 4.39 Å². The molecule has 0 saturated carbocycles. The second kappa shape index (κ2) is 8.03. The van der Waals surface area contributed by atoms with Crippen LogP contribution in [0.25, 0.3) is 0 Å². The average Bonchev–Trinajstić information content (AvgIpc) is 2.81. The van der Waals surface area contributed by atoms with E-state index in [2.05, 4.69) is 10.3 Å². The van der Waals surface area contributed by atoms with Crippen LogP contribution in [0.1, 0.15) is 38.9 Å². The van der Waals surface area contributed by atoms with Crippen molar-refractivity contribution in [3.8, 4) is 0 Å². The van der Waals surface area contributed by atoms with Crippen LogP contribution in [0.5, 0.6) is 0 Å². The Labute approximate surface area is 183 Å². The summed E-state index contributed by atoms with van der Waals surface area (Å²) in [6.45, 7) is 1.56. The third-order valence-corrected chi connectivity index (χ3v) is 6.13. The number of amides is 2. The summed E-state index contributed by atoms with van der Waals surface area (Å²) in [5, 5.41) is 2.64. The van der Waals surface area contributed by atoms with E-state index in [9.17, 15) is 18.8 Å². The number of hydrogen-bond acceptors (Lipinski definition) is 4. The zero-order valence-corrected chi connectivity index (χ0v) is 17.2. The van der Waals surface area contributed by atoms with E-state index in [1.807, 2.05) is 11.0 Å². The molecule has 8 heteroatoms. The molecule has 1 saturated heterocycles. The van der Waals surface area contributed by atoms with Gasteiger partial charge in [0.25, 0.3) is 17.4 Å². The van der Waals surface area contributed by atoms with Gasteiger partial charge in [-0.1, -0.05) is 6.07 Å². The highest BCUT2D eigenvalue weighted by molar-refractivity contribution is 6.04. The summed E-state index contributed by atoms with van der Waals surface area (Å²) in [6, 6.07) is 13.9. The first-order valence-electron chi connectivity index (χ1n) is 10.5. The predicted octanol–water partition coefficient (Wildman–Crippen LogP) is 2.89. The first-order chi connectivity index (χ1) is 15.5. The van der Waals surface area contributed by atoms with Gasteiger partial charge in [-0.2, -0.15) is 0 Å². The number of fused-ring (bicyclic) bond motifs is 4. The van der Waals surface area contributed by atoms with Crippen LogP contribution in [0.3, 0.4) is 0 Å². The first-order valence-corrected chi connectivity index (χ1v) is 10.5. The quantitative estimate of drug-likeness (QED) is 0.690. The first kappa shape index (κ1) is 20.1. The van der Waals surface area contributed by atoms with Crippen molar-refractivity contribution in [1.82, 2.24) is 14.5 Å².